The molecule has 3 aliphatic rings. The van der Waals surface area contributed by atoms with E-state index in [9.17, 15) is 4.79 Å². The van der Waals surface area contributed by atoms with E-state index in [4.69, 9.17) is 4.52 Å². The summed E-state index contributed by atoms with van der Waals surface area (Å²) in [5.41, 5.74) is 3.26. The van der Waals surface area contributed by atoms with Crippen molar-refractivity contribution in [3.63, 3.8) is 0 Å². The number of benzene rings is 1. The highest BCUT2D eigenvalue weighted by Crippen LogP contribution is 2.43. The summed E-state index contributed by atoms with van der Waals surface area (Å²) in [6, 6.07) is 7.70. The van der Waals surface area contributed by atoms with Crippen LogP contribution < -0.4 is 0 Å². The van der Waals surface area contributed by atoms with E-state index in [0.717, 1.165) is 49.4 Å². The van der Waals surface area contributed by atoms with E-state index in [1.807, 2.05) is 33.7 Å². The molecule has 2 aromatic heterocycles. The van der Waals surface area contributed by atoms with Crippen molar-refractivity contribution in [1.29, 1.82) is 0 Å². The molecular weight excluding hydrogens is 330 g/mol. The molecule has 1 atom stereocenters. The minimum atomic E-state index is -0.0105. The zero-order chi connectivity index (χ0) is 17.3. The van der Waals surface area contributed by atoms with Crippen LogP contribution in [0.5, 0.6) is 0 Å². The minimum Gasteiger partial charge on any atom is -0.332 e. The molecule has 1 saturated carbocycles. The van der Waals surface area contributed by atoms with Crippen LogP contribution in [0.2, 0.25) is 0 Å². The molecule has 6 rings (SSSR count). The third-order valence-corrected chi connectivity index (χ3v) is 5.61. The fraction of sp³-hybridized carbons (Fsp3) is 0.368. The molecule has 0 bridgehead atoms. The molecule has 3 aromatic rings. The predicted molar refractivity (Wildman–Crippen MR) is 91.8 cm³/mol. The van der Waals surface area contributed by atoms with Gasteiger partial charge in [0, 0.05) is 12.5 Å². The van der Waals surface area contributed by atoms with Crippen molar-refractivity contribution in [2.75, 3.05) is 6.54 Å². The number of amides is 1. The van der Waals surface area contributed by atoms with Gasteiger partial charge in [0.05, 0.1) is 23.0 Å². The Balaban J connectivity index is 1.57. The Morgan fingerprint density at radius 1 is 1.15 bits per heavy atom. The maximum atomic E-state index is 13.1. The van der Waals surface area contributed by atoms with Gasteiger partial charge in [0.2, 0.25) is 0 Å². The van der Waals surface area contributed by atoms with E-state index >= 15 is 0 Å². The molecule has 1 saturated heterocycles. The van der Waals surface area contributed by atoms with Gasteiger partial charge >= 0.3 is 0 Å². The monoisotopic (exact) mass is 347 g/mol. The number of carbonyl (C=O) groups is 1. The first kappa shape index (κ1) is 14.2. The number of fused-ring (bicyclic) bond motifs is 5. The average Bonchev–Trinajstić information content (AvgIpc) is 3.10. The van der Waals surface area contributed by atoms with Crippen LogP contribution in [0.1, 0.15) is 59.5 Å². The molecule has 7 nitrogen and oxygen atoms in total. The fourth-order valence-electron chi connectivity index (χ4n) is 4.18. The number of hydrogen-bond donors (Lipinski definition) is 0. The molecule has 2 aliphatic heterocycles. The van der Waals surface area contributed by atoms with Gasteiger partial charge in [0.25, 0.3) is 11.8 Å². The van der Waals surface area contributed by atoms with E-state index in [2.05, 4.69) is 15.1 Å². The van der Waals surface area contributed by atoms with Crippen molar-refractivity contribution in [3.05, 3.63) is 47.7 Å². The lowest BCUT2D eigenvalue weighted by molar-refractivity contribution is 0.0739. The van der Waals surface area contributed by atoms with Crippen molar-refractivity contribution < 1.29 is 9.32 Å². The van der Waals surface area contributed by atoms with E-state index < -0.39 is 0 Å². The van der Waals surface area contributed by atoms with E-state index in [1.165, 1.54) is 0 Å². The first-order valence-electron chi connectivity index (χ1n) is 9.13. The summed E-state index contributed by atoms with van der Waals surface area (Å²) in [6.07, 6.45) is 5.93. The Kier molecular flexibility index (Phi) is 2.75. The Morgan fingerprint density at radius 3 is 2.92 bits per heavy atom. The lowest BCUT2D eigenvalue weighted by Gasteiger charge is -2.22. The summed E-state index contributed by atoms with van der Waals surface area (Å²) in [5.74, 6) is 1.75. The van der Waals surface area contributed by atoms with Crippen LogP contribution in [0.4, 0.5) is 0 Å². The molecule has 0 radical (unpaired) electrons. The largest absolute Gasteiger partial charge is 0.332 e. The smallest absolute Gasteiger partial charge is 0.278 e. The van der Waals surface area contributed by atoms with Crippen LogP contribution in [0, 0.1) is 0 Å². The van der Waals surface area contributed by atoms with E-state index in [0.29, 0.717) is 23.1 Å². The highest BCUT2D eigenvalue weighted by molar-refractivity contribution is 5.99. The SMILES string of the molecule is O=C1c2ccccc2-n2cnc(-c3nc(C4CC4)no3)c2[C@@H]2CCCN12. The van der Waals surface area contributed by atoms with Gasteiger partial charge in [-0.3, -0.25) is 9.36 Å². The van der Waals surface area contributed by atoms with Crippen LogP contribution in [0.25, 0.3) is 17.3 Å². The zero-order valence-corrected chi connectivity index (χ0v) is 14.1. The normalized spacial score (nSPS) is 21.3. The molecule has 26 heavy (non-hydrogen) atoms. The number of carbonyl (C=O) groups excluding carboxylic acids is 1. The van der Waals surface area contributed by atoms with Crippen molar-refractivity contribution in [2.24, 2.45) is 0 Å². The van der Waals surface area contributed by atoms with Gasteiger partial charge in [-0.2, -0.15) is 4.98 Å². The standard InChI is InChI=1S/C19H17N5O2/c25-19-12-4-1-2-5-13(12)24-10-20-15(16(24)14-6-3-9-23(14)19)18-21-17(22-26-18)11-7-8-11/h1-2,4-5,10-11,14H,3,6-9H2/t14-/m0/s1. The van der Waals surface area contributed by atoms with E-state index in [-0.39, 0.29) is 11.9 Å². The molecule has 7 heteroatoms. The Hall–Kier alpha value is -2.96. The topological polar surface area (TPSA) is 77.0 Å². The van der Waals surface area contributed by atoms with Crippen molar-refractivity contribution in [1.82, 2.24) is 24.6 Å². The fourth-order valence-corrected chi connectivity index (χ4v) is 4.18. The quantitative estimate of drug-likeness (QED) is 0.712. The van der Waals surface area contributed by atoms with Gasteiger partial charge in [-0.1, -0.05) is 17.3 Å². The molecule has 1 aliphatic carbocycles. The maximum Gasteiger partial charge on any atom is 0.278 e. The molecule has 1 amide bonds. The average molecular weight is 347 g/mol. The van der Waals surface area contributed by atoms with Crippen LogP contribution in [-0.4, -0.2) is 37.0 Å². The number of imidazole rings is 1. The molecule has 0 spiro atoms. The van der Waals surface area contributed by atoms with Crippen molar-refractivity contribution >= 4 is 5.91 Å². The summed E-state index contributed by atoms with van der Waals surface area (Å²) in [7, 11) is 0. The molecule has 2 fully saturated rings. The summed E-state index contributed by atoms with van der Waals surface area (Å²) < 4.78 is 7.57. The number of nitrogens with zero attached hydrogens (tertiary/aromatic N) is 5. The lowest BCUT2D eigenvalue weighted by atomic mass is 10.1. The van der Waals surface area contributed by atoms with Crippen LogP contribution in [0.15, 0.2) is 35.1 Å². The Bertz CT molecular complexity index is 1030. The van der Waals surface area contributed by atoms with Crippen molar-refractivity contribution in [3.8, 4) is 17.3 Å². The second-order valence-electron chi connectivity index (χ2n) is 7.25. The second kappa shape index (κ2) is 5.03. The predicted octanol–water partition coefficient (Wildman–Crippen LogP) is 3.09. The van der Waals surface area contributed by atoms with E-state index in [1.54, 1.807) is 6.33 Å². The highest BCUT2D eigenvalue weighted by Gasteiger charge is 2.40. The van der Waals surface area contributed by atoms with Gasteiger partial charge in [-0.15, -0.1) is 0 Å². The lowest BCUT2D eigenvalue weighted by Crippen LogP contribution is -2.29. The molecule has 0 unspecified atom stereocenters. The van der Waals surface area contributed by atoms with Gasteiger partial charge in [0.1, 0.15) is 6.33 Å². The Morgan fingerprint density at radius 2 is 2.04 bits per heavy atom. The molecule has 130 valence electrons. The second-order valence-corrected chi connectivity index (χ2v) is 7.25. The van der Waals surface area contributed by atoms with Crippen molar-refractivity contribution in [2.45, 2.75) is 37.6 Å². The third-order valence-electron chi connectivity index (χ3n) is 5.61. The summed E-state index contributed by atoms with van der Waals surface area (Å²) in [5, 5.41) is 4.14. The number of rotatable bonds is 2. The zero-order valence-electron chi connectivity index (χ0n) is 14.1. The molecule has 1 aromatic carbocycles. The van der Waals surface area contributed by atoms with Gasteiger partial charge in [-0.25, -0.2) is 4.98 Å². The van der Waals surface area contributed by atoms with Crippen LogP contribution >= 0.6 is 0 Å². The molecule has 4 heterocycles. The first-order chi connectivity index (χ1) is 12.8. The van der Waals surface area contributed by atoms with Crippen LogP contribution in [-0.2, 0) is 0 Å². The minimum absolute atomic E-state index is 0.0105. The Labute approximate surface area is 149 Å². The van der Waals surface area contributed by atoms with Gasteiger partial charge in [0.15, 0.2) is 11.5 Å². The number of aromatic nitrogens is 4. The summed E-state index contributed by atoms with van der Waals surface area (Å²) >= 11 is 0. The third kappa shape index (κ3) is 1.88. The summed E-state index contributed by atoms with van der Waals surface area (Å²) in [4.78, 5) is 24.2. The highest BCUT2D eigenvalue weighted by atomic mass is 16.5. The van der Waals surface area contributed by atoms with Crippen LogP contribution in [0.3, 0.4) is 0 Å². The maximum absolute atomic E-state index is 13.1. The summed E-state index contributed by atoms with van der Waals surface area (Å²) in [6.45, 7) is 0.764. The molecular formula is C19H17N5O2. The number of para-hydroxylation sites is 1. The van der Waals surface area contributed by atoms with Gasteiger partial charge in [-0.05, 0) is 37.8 Å². The van der Waals surface area contributed by atoms with Gasteiger partial charge < -0.3 is 9.42 Å². The number of hydrogen-bond acceptors (Lipinski definition) is 5. The molecule has 0 N–H and O–H groups in total. The first-order valence-corrected chi connectivity index (χ1v) is 9.13.